The lowest BCUT2D eigenvalue weighted by atomic mass is 10.1. The zero-order valence-corrected chi connectivity index (χ0v) is 18.7. The van der Waals surface area contributed by atoms with Gasteiger partial charge in [0, 0.05) is 12.6 Å². The Balaban J connectivity index is 0.000000235. The number of nitrogens with two attached hydrogens (primary N) is 1. The monoisotopic (exact) mass is 446 g/mol. The van der Waals surface area contributed by atoms with Crippen molar-refractivity contribution < 1.29 is 28.6 Å². The highest BCUT2D eigenvalue weighted by Gasteiger charge is 2.27. The number of carbonyl (C=O) groups is 2. The number of hydrogen-bond donors (Lipinski definition) is 2. The zero-order chi connectivity index (χ0) is 23.7. The van der Waals surface area contributed by atoms with Crippen LogP contribution in [0, 0.1) is 0 Å². The number of primary amides is 1. The number of likely N-dealkylation sites (tertiary alicyclic amines) is 1. The third-order valence-electron chi connectivity index (χ3n) is 4.50. The number of piperidine rings is 1. The molecule has 1 atom stereocenters. The van der Waals surface area contributed by atoms with Crippen molar-refractivity contribution in [2.45, 2.75) is 52.0 Å². The van der Waals surface area contributed by atoms with E-state index in [0.29, 0.717) is 25.3 Å². The van der Waals surface area contributed by atoms with Gasteiger partial charge in [0.15, 0.2) is 0 Å². The number of ether oxygens (including phenoxy) is 2. The number of rotatable bonds is 4. The molecule has 32 heavy (non-hydrogen) atoms. The maximum Gasteiger partial charge on any atom is 0.410 e. The molecule has 0 saturated carbocycles. The fraction of sp³-hybridized carbons (Fsp3) is 0.417. The first-order chi connectivity index (χ1) is 15.0. The summed E-state index contributed by atoms with van der Waals surface area (Å²) in [5, 5.41) is 9.58. The topological polar surface area (TPSA) is 102 Å². The van der Waals surface area contributed by atoms with E-state index < -0.39 is 23.8 Å². The van der Waals surface area contributed by atoms with Gasteiger partial charge in [0.25, 0.3) is 5.91 Å². The number of carbonyl (C=O) groups excluding carboxylic acids is 2. The van der Waals surface area contributed by atoms with E-state index in [1.165, 1.54) is 17.0 Å². The van der Waals surface area contributed by atoms with Gasteiger partial charge >= 0.3 is 6.09 Å². The van der Waals surface area contributed by atoms with Crippen molar-refractivity contribution in [1.29, 1.82) is 0 Å². The molecule has 0 aliphatic carbocycles. The molecule has 0 radical (unpaired) electrons. The number of phenols is 1. The first kappa shape index (κ1) is 25.0. The van der Waals surface area contributed by atoms with Gasteiger partial charge in [-0.15, -0.1) is 0 Å². The van der Waals surface area contributed by atoms with Crippen molar-refractivity contribution in [3.8, 4) is 11.5 Å². The SMILES string of the molecule is CC(C)(C)OC(=O)N1CCCC(F)C1.NC(=O)c1ccc(OCc2ccccc2)cc1O. The van der Waals surface area contributed by atoms with E-state index in [1.54, 1.807) is 6.07 Å². The van der Waals surface area contributed by atoms with Crippen LogP contribution >= 0.6 is 0 Å². The Bertz CT molecular complexity index is 899. The van der Waals surface area contributed by atoms with Crippen LogP contribution in [0.1, 0.15) is 49.5 Å². The van der Waals surface area contributed by atoms with E-state index in [0.717, 1.165) is 12.0 Å². The Morgan fingerprint density at radius 1 is 1.19 bits per heavy atom. The molecule has 2 aromatic carbocycles. The van der Waals surface area contributed by atoms with E-state index >= 15 is 0 Å². The van der Waals surface area contributed by atoms with Crippen LogP contribution in [0.4, 0.5) is 9.18 Å². The Labute approximate surface area is 187 Å². The molecule has 3 N–H and O–H groups in total. The molecular weight excluding hydrogens is 415 g/mol. The summed E-state index contributed by atoms with van der Waals surface area (Å²) in [7, 11) is 0. The van der Waals surface area contributed by atoms with Crippen LogP contribution in [0.3, 0.4) is 0 Å². The second-order valence-corrected chi connectivity index (χ2v) is 8.48. The van der Waals surface area contributed by atoms with E-state index in [4.69, 9.17) is 15.2 Å². The minimum Gasteiger partial charge on any atom is -0.507 e. The molecule has 1 aliphatic rings. The van der Waals surface area contributed by atoms with Crippen molar-refractivity contribution in [3.05, 3.63) is 59.7 Å². The van der Waals surface area contributed by atoms with Crippen molar-refractivity contribution in [3.63, 3.8) is 0 Å². The summed E-state index contributed by atoms with van der Waals surface area (Å²) in [6.07, 6.45) is -0.0178. The summed E-state index contributed by atoms with van der Waals surface area (Å²) in [4.78, 5) is 23.9. The molecule has 2 amide bonds. The van der Waals surface area contributed by atoms with Gasteiger partial charge in [0.2, 0.25) is 0 Å². The number of alkyl halides is 1. The Kier molecular flexibility index (Phi) is 8.87. The first-order valence-corrected chi connectivity index (χ1v) is 10.5. The molecule has 0 bridgehead atoms. The summed E-state index contributed by atoms with van der Waals surface area (Å²) in [6, 6.07) is 14.1. The average Bonchev–Trinajstić information content (AvgIpc) is 2.72. The lowest BCUT2D eigenvalue weighted by Crippen LogP contribution is -2.43. The Morgan fingerprint density at radius 3 is 2.44 bits per heavy atom. The highest BCUT2D eigenvalue weighted by molar-refractivity contribution is 5.95. The highest BCUT2D eigenvalue weighted by atomic mass is 19.1. The van der Waals surface area contributed by atoms with Crippen molar-refractivity contribution >= 4 is 12.0 Å². The summed E-state index contributed by atoms with van der Waals surface area (Å²) < 4.78 is 23.6. The molecule has 0 aromatic heterocycles. The third-order valence-corrected chi connectivity index (χ3v) is 4.50. The van der Waals surface area contributed by atoms with Gasteiger partial charge in [0.1, 0.15) is 29.9 Å². The van der Waals surface area contributed by atoms with E-state index in [1.807, 2.05) is 51.1 Å². The van der Waals surface area contributed by atoms with Crippen molar-refractivity contribution in [1.82, 2.24) is 4.90 Å². The average molecular weight is 447 g/mol. The summed E-state index contributed by atoms with van der Waals surface area (Å²) in [5.41, 5.74) is 5.70. The van der Waals surface area contributed by atoms with Gasteiger partial charge in [-0.25, -0.2) is 9.18 Å². The molecule has 1 heterocycles. The molecule has 2 aromatic rings. The summed E-state index contributed by atoms with van der Waals surface area (Å²) in [6.45, 7) is 6.60. The number of amides is 2. The number of halogens is 1. The summed E-state index contributed by atoms with van der Waals surface area (Å²) >= 11 is 0. The molecule has 0 spiro atoms. The fourth-order valence-corrected chi connectivity index (χ4v) is 2.97. The van der Waals surface area contributed by atoms with Gasteiger partial charge < -0.3 is 25.2 Å². The first-order valence-electron chi connectivity index (χ1n) is 10.5. The smallest absolute Gasteiger partial charge is 0.410 e. The minimum atomic E-state index is -0.892. The molecule has 1 fully saturated rings. The molecular formula is C24H31FN2O5. The maximum absolute atomic E-state index is 13.0. The fourth-order valence-electron chi connectivity index (χ4n) is 2.97. The second-order valence-electron chi connectivity index (χ2n) is 8.48. The second kappa shape index (κ2) is 11.4. The van der Waals surface area contributed by atoms with Crippen molar-refractivity contribution in [2.24, 2.45) is 5.73 Å². The molecule has 7 nitrogen and oxygen atoms in total. The minimum absolute atomic E-state index is 0.0852. The standard InChI is InChI=1S/C14H13NO3.C10H18FNO2/c15-14(17)12-7-6-11(8-13(12)16)18-9-10-4-2-1-3-5-10;1-10(2,3)14-9(13)12-6-4-5-8(11)7-12/h1-8,16H,9H2,(H2,15,17);8H,4-7H2,1-3H3. The van der Waals surface area contributed by atoms with E-state index in [9.17, 15) is 19.1 Å². The van der Waals surface area contributed by atoms with Crippen LogP contribution in [-0.4, -0.2) is 46.9 Å². The lowest BCUT2D eigenvalue weighted by molar-refractivity contribution is 0.0139. The Morgan fingerprint density at radius 2 is 1.88 bits per heavy atom. The highest BCUT2D eigenvalue weighted by Crippen LogP contribution is 2.24. The molecule has 1 aliphatic heterocycles. The normalized spacial score (nSPS) is 15.9. The predicted molar refractivity (Wildman–Crippen MR) is 119 cm³/mol. The number of benzene rings is 2. The van der Waals surface area contributed by atoms with Crippen LogP contribution in [0.15, 0.2) is 48.5 Å². The molecule has 1 saturated heterocycles. The van der Waals surface area contributed by atoms with Gasteiger partial charge in [-0.05, 0) is 51.3 Å². The zero-order valence-electron chi connectivity index (χ0n) is 18.7. The van der Waals surface area contributed by atoms with Gasteiger partial charge in [-0.1, -0.05) is 30.3 Å². The molecule has 1 unspecified atom stereocenters. The molecule has 8 heteroatoms. The van der Waals surface area contributed by atoms with Crippen LogP contribution in [0.5, 0.6) is 11.5 Å². The van der Waals surface area contributed by atoms with Gasteiger partial charge in [0.05, 0.1) is 12.1 Å². The largest absolute Gasteiger partial charge is 0.507 e. The predicted octanol–water partition coefficient (Wildman–Crippen LogP) is 4.43. The quantitative estimate of drug-likeness (QED) is 0.724. The number of hydrogen-bond acceptors (Lipinski definition) is 5. The van der Waals surface area contributed by atoms with Crippen LogP contribution in [0.25, 0.3) is 0 Å². The van der Waals surface area contributed by atoms with E-state index in [-0.39, 0.29) is 17.9 Å². The molecule has 174 valence electrons. The van der Waals surface area contributed by atoms with Crippen LogP contribution < -0.4 is 10.5 Å². The maximum atomic E-state index is 13.0. The third kappa shape index (κ3) is 8.45. The van der Waals surface area contributed by atoms with Crippen molar-refractivity contribution in [2.75, 3.05) is 13.1 Å². The number of aromatic hydroxyl groups is 1. The molecule has 3 rings (SSSR count). The Hall–Kier alpha value is -3.29. The van der Waals surface area contributed by atoms with E-state index in [2.05, 4.69) is 0 Å². The van der Waals surface area contributed by atoms with Crippen LogP contribution in [-0.2, 0) is 11.3 Å². The number of nitrogens with zero attached hydrogens (tertiary/aromatic N) is 1. The lowest BCUT2D eigenvalue weighted by Gasteiger charge is -2.31. The van der Waals surface area contributed by atoms with Gasteiger partial charge in [-0.3, -0.25) is 4.79 Å². The van der Waals surface area contributed by atoms with Crippen LogP contribution in [0.2, 0.25) is 0 Å². The summed E-state index contributed by atoms with van der Waals surface area (Å²) in [5.74, 6) is -0.350. The van der Waals surface area contributed by atoms with Gasteiger partial charge in [-0.2, -0.15) is 0 Å².